The van der Waals surface area contributed by atoms with Gasteiger partial charge in [0, 0.05) is 29.8 Å². The number of benzene rings is 3. The first-order valence-corrected chi connectivity index (χ1v) is 13.9. The summed E-state index contributed by atoms with van der Waals surface area (Å²) in [7, 11) is 1.36. The summed E-state index contributed by atoms with van der Waals surface area (Å²) in [5, 5.41) is 7.17. The third kappa shape index (κ3) is 6.59. The van der Waals surface area contributed by atoms with Crippen LogP contribution in [-0.4, -0.2) is 42.1 Å². The van der Waals surface area contributed by atoms with E-state index in [2.05, 4.69) is 10.4 Å². The van der Waals surface area contributed by atoms with E-state index in [-0.39, 0.29) is 29.1 Å². The molecule has 0 aromatic heterocycles. The Kier molecular flexibility index (Phi) is 8.86. The molecule has 3 aromatic rings. The van der Waals surface area contributed by atoms with Gasteiger partial charge in [0.2, 0.25) is 0 Å². The monoisotopic (exact) mass is 611 g/mol. The van der Waals surface area contributed by atoms with E-state index in [1.54, 1.807) is 18.2 Å². The number of allylic oxidation sites excluding steroid dienone is 2. The van der Waals surface area contributed by atoms with Gasteiger partial charge in [-0.25, -0.2) is 22.6 Å². The maximum atomic E-state index is 14.7. The second kappa shape index (κ2) is 12.7. The van der Waals surface area contributed by atoms with E-state index >= 15 is 0 Å². The summed E-state index contributed by atoms with van der Waals surface area (Å²) in [4.78, 5) is 26.0. The van der Waals surface area contributed by atoms with Crippen molar-refractivity contribution in [2.24, 2.45) is 5.10 Å². The summed E-state index contributed by atoms with van der Waals surface area (Å²) in [5.74, 6) is -5.69. The van der Waals surface area contributed by atoms with Crippen molar-refractivity contribution in [1.29, 1.82) is 0 Å². The fourth-order valence-corrected chi connectivity index (χ4v) is 5.73. The summed E-state index contributed by atoms with van der Waals surface area (Å²) >= 11 is 1.04. The summed E-state index contributed by atoms with van der Waals surface area (Å²) in [6, 6.07) is 10.9. The molecule has 2 aliphatic rings. The maximum Gasteiger partial charge on any atom is 0.281 e. The fraction of sp³-hybridized carbons (Fsp3) is 0.194. The number of nitrogens with one attached hydrogen (secondary N) is 1. The number of hydrogen-bond donors (Lipinski definition) is 1. The zero-order valence-electron chi connectivity index (χ0n) is 23.0. The van der Waals surface area contributed by atoms with Gasteiger partial charge >= 0.3 is 0 Å². The number of carbonyl (C=O) groups excluding carboxylic acids is 2. The Bertz CT molecular complexity index is 1650. The molecule has 0 radical (unpaired) electrons. The summed E-state index contributed by atoms with van der Waals surface area (Å²) in [6.45, 7) is 2.03. The number of halogens is 4. The number of amides is 2. The zero-order chi connectivity index (χ0) is 30.7. The molecule has 12 heteroatoms. The van der Waals surface area contributed by atoms with Crippen LogP contribution in [0.15, 0.2) is 83.0 Å². The summed E-state index contributed by atoms with van der Waals surface area (Å²) in [5.41, 5.74) is 1.98. The molecular formula is C31H25F4N3O4S. The Labute approximate surface area is 248 Å². The smallest absolute Gasteiger partial charge is 0.281 e. The number of hydrazone groups is 1. The standard InChI is InChI=1S/C31H25F4N3O4S/c1-17-6-7-18(12-17)15-36-26(39)16-42-25-5-3-4-22(28(25)41-2)31-38(30(40)27-23(34)13-21(33)14-24(27)35)37-29(43-31)19-8-10-20(32)11-9-19/h3-5,7-14,31H,6,15-16H2,1-2H3,(H,36,39). The highest BCUT2D eigenvalue weighted by atomic mass is 32.2. The lowest BCUT2D eigenvalue weighted by Gasteiger charge is -2.24. The van der Waals surface area contributed by atoms with E-state index in [4.69, 9.17) is 9.47 Å². The van der Waals surface area contributed by atoms with Crippen molar-refractivity contribution in [3.8, 4) is 11.5 Å². The minimum Gasteiger partial charge on any atom is -0.492 e. The van der Waals surface area contributed by atoms with Gasteiger partial charge in [-0.1, -0.05) is 41.6 Å². The number of ether oxygens (including phenoxy) is 2. The molecule has 7 nitrogen and oxygen atoms in total. The molecule has 0 saturated carbocycles. The highest BCUT2D eigenvalue weighted by molar-refractivity contribution is 8.14. The van der Waals surface area contributed by atoms with E-state index in [0.29, 0.717) is 29.8 Å². The van der Waals surface area contributed by atoms with Crippen LogP contribution in [0, 0.1) is 23.3 Å². The Hall–Kier alpha value is -4.58. The van der Waals surface area contributed by atoms with Crippen molar-refractivity contribution < 1.29 is 36.6 Å². The first kappa shape index (κ1) is 29.9. The molecule has 0 spiro atoms. The molecule has 1 aliphatic carbocycles. The Balaban J connectivity index is 1.43. The molecule has 222 valence electrons. The molecule has 1 N–H and O–H groups in total. The minimum absolute atomic E-state index is 0.151. The van der Waals surface area contributed by atoms with Crippen LogP contribution in [0.1, 0.15) is 40.2 Å². The van der Waals surface area contributed by atoms with Crippen molar-refractivity contribution in [2.45, 2.75) is 18.7 Å². The number of hydrogen-bond acceptors (Lipinski definition) is 6. The van der Waals surface area contributed by atoms with Gasteiger partial charge in [0.05, 0.1) is 7.11 Å². The van der Waals surface area contributed by atoms with Crippen LogP contribution in [0.4, 0.5) is 17.6 Å². The molecule has 1 atom stereocenters. The first-order chi connectivity index (χ1) is 20.6. The van der Waals surface area contributed by atoms with Crippen LogP contribution in [0.25, 0.3) is 0 Å². The second-order valence-corrected chi connectivity index (χ2v) is 10.8. The SMILES string of the molecule is COc1c(OCC(=O)NCC2=CCC(C)=C2)cccc1C1SC(c2ccc(F)cc2)=NN1C(=O)c1c(F)cc(F)cc1F. The Morgan fingerprint density at radius 1 is 1.05 bits per heavy atom. The first-order valence-electron chi connectivity index (χ1n) is 13.1. The van der Waals surface area contributed by atoms with Crippen molar-refractivity contribution >= 4 is 28.6 Å². The molecule has 2 amide bonds. The summed E-state index contributed by atoms with van der Waals surface area (Å²) in [6.07, 6.45) is 4.88. The lowest BCUT2D eigenvalue weighted by Crippen LogP contribution is -2.30. The number of methoxy groups -OCH3 is 1. The topological polar surface area (TPSA) is 80.2 Å². The van der Waals surface area contributed by atoms with E-state index in [9.17, 15) is 27.2 Å². The fourth-order valence-electron chi connectivity index (χ4n) is 4.56. The van der Waals surface area contributed by atoms with Gasteiger partial charge in [-0.3, -0.25) is 9.59 Å². The number of nitrogens with zero attached hydrogens (tertiary/aromatic N) is 2. The van der Waals surface area contributed by atoms with E-state index in [1.807, 2.05) is 19.1 Å². The predicted octanol–water partition coefficient (Wildman–Crippen LogP) is 6.27. The van der Waals surface area contributed by atoms with Gasteiger partial charge in [-0.05, 0) is 49.2 Å². The summed E-state index contributed by atoms with van der Waals surface area (Å²) < 4.78 is 67.9. The molecule has 3 aromatic carbocycles. The lowest BCUT2D eigenvalue weighted by atomic mass is 10.1. The Morgan fingerprint density at radius 3 is 2.42 bits per heavy atom. The van der Waals surface area contributed by atoms with Crippen molar-refractivity contribution in [1.82, 2.24) is 10.3 Å². The van der Waals surface area contributed by atoms with Gasteiger partial charge in [-0.2, -0.15) is 5.10 Å². The highest BCUT2D eigenvalue weighted by Crippen LogP contribution is 2.47. The largest absolute Gasteiger partial charge is 0.492 e. The normalized spacial score (nSPS) is 16.0. The Morgan fingerprint density at radius 2 is 1.77 bits per heavy atom. The molecule has 1 unspecified atom stereocenters. The number of para-hydroxylation sites is 1. The van der Waals surface area contributed by atoms with Gasteiger partial charge in [0.15, 0.2) is 18.1 Å². The van der Waals surface area contributed by atoms with Crippen molar-refractivity contribution in [2.75, 3.05) is 20.3 Å². The number of carbonyl (C=O) groups is 2. The third-order valence-corrected chi connectivity index (χ3v) is 7.83. The van der Waals surface area contributed by atoms with Crippen LogP contribution in [-0.2, 0) is 4.79 Å². The average Bonchev–Trinajstić information content (AvgIpc) is 3.61. The zero-order valence-corrected chi connectivity index (χ0v) is 23.8. The van der Waals surface area contributed by atoms with Crippen LogP contribution < -0.4 is 14.8 Å². The average molecular weight is 612 g/mol. The second-order valence-electron chi connectivity index (χ2n) is 9.69. The number of rotatable bonds is 9. The van der Waals surface area contributed by atoms with E-state index in [0.717, 1.165) is 28.8 Å². The maximum absolute atomic E-state index is 14.7. The quantitative estimate of drug-likeness (QED) is 0.289. The highest BCUT2D eigenvalue weighted by Gasteiger charge is 2.39. The molecule has 5 rings (SSSR count). The van der Waals surface area contributed by atoms with E-state index < -0.39 is 40.1 Å². The van der Waals surface area contributed by atoms with Crippen molar-refractivity contribution in [3.05, 3.63) is 118 Å². The molecule has 43 heavy (non-hydrogen) atoms. The van der Waals surface area contributed by atoms with Gasteiger partial charge < -0.3 is 14.8 Å². The third-order valence-electron chi connectivity index (χ3n) is 6.61. The van der Waals surface area contributed by atoms with Crippen LogP contribution in [0.2, 0.25) is 0 Å². The molecular weight excluding hydrogens is 586 g/mol. The molecule has 0 fully saturated rings. The number of thioether (sulfide) groups is 1. The van der Waals surface area contributed by atoms with Crippen LogP contribution in [0.5, 0.6) is 11.5 Å². The molecule has 1 heterocycles. The van der Waals surface area contributed by atoms with E-state index in [1.165, 1.54) is 36.9 Å². The van der Waals surface area contributed by atoms with Crippen LogP contribution in [0.3, 0.4) is 0 Å². The van der Waals surface area contributed by atoms with Gasteiger partial charge in [0.1, 0.15) is 39.2 Å². The minimum atomic E-state index is -1.40. The van der Waals surface area contributed by atoms with Crippen molar-refractivity contribution in [3.63, 3.8) is 0 Å². The predicted molar refractivity (Wildman–Crippen MR) is 154 cm³/mol. The van der Waals surface area contributed by atoms with Gasteiger partial charge in [-0.15, -0.1) is 0 Å². The molecule has 0 saturated heterocycles. The molecule has 0 bridgehead atoms. The lowest BCUT2D eigenvalue weighted by molar-refractivity contribution is -0.122. The van der Waals surface area contributed by atoms with Crippen LogP contribution >= 0.6 is 11.8 Å². The van der Waals surface area contributed by atoms with Gasteiger partial charge in [0.25, 0.3) is 11.8 Å². The molecule has 1 aliphatic heterocycles.